The average molecular weight is 153 g/mol. The molecule has 0 bridgehead atoms. The zero-order chi connectivity index (χ0) is 6.97. The summed E-state index contributed by atoms with van der Waals surface area (Å²) in [6.07, 6.45) is 9.30. The van der Waals surface area contributed by atoms with Gasteiger partial charge in [0.05, 0.1) is 5.03 Å². The van der Waals surface area contributed by atoms with E-state index in [1.54, 1.807) is 11.8 Å². The molecule has 10 heavy (non-hydrogen) atoms. The van der Waals surface area contributed by atoms with E-state index in [0.717, 1.165) is 5.92 Å². The van der Waals surface area contributed by atoms with Crippen molar-refractivity contribution in [1.82, 2.24) is 0 Å². The molecular formula is C8H11NS. The molecule has 1 atom stereocenters. The van der Waals surface area contributed by atoms with Gasteiger partial charge in [0.2, 0.25) is 0 Å². The second kappa shape index (κ2) is 2.42. The van der Waals surface area contributed by atoms with Crippen LogP contribution in [0.25, 0.3) is 0 Å². The molecule has 0 amide bonds. The van der Waals surface area contributed by atoms with Crippen molar-refractivity contribution in [2.24, 2.45) is 16.8 Å². The largest absolute Gasteiger partial charge is 0.254 e. The van der Waals surface area contributed by atoms with Crippen LogP contribution in [0.2, 0.25) is 0 Å². The molecule has 2 rings (SSSR count). The minimum absolute atomic E-state index is 0.683. The molecule has 1 fully saturated rings. The lowest BCUT2D eigenvalue weighted by molar-refractivity contribution is 0.755. The highest BCUT2D eigenvalue weighted by Gasteiger charge is 2.30. The molecule has 1 heterocycles. The zero-order valence-corrected chi connectivity index (χ0v) is 6.90. The standard InChI is InChI=1S/C8H11NS/c1-10-8-4-7(5-9-8)6-2-3-6/h4-7H,2-3H2,1H3. The van der Waals surface area contributed by atoms with Gasteiger partial charge in [0.1, 0.15) is 0 Å². The summed E-state index contributed by atoms with van der Waals surface area (Å²) in [4.78, 5) is 4.30. The van der Waals surface area contributed by atoms with E-state index in [0.29, 0.717) is 5.92 Å². The maximum atomic E-state index is 4.30. The third-order valence-electron chi connectivity index (χ3n) is 2.08. The van der Waals surface area contributed by atoms with Gasteiger partial charge in [-0.2, -0.15) is 0 Å². The quantitative estimate of drug-likeness (QED) is 0.593. The summed E-state index contributed by atoms with van der Waals surface area (Å²) in [7, 11) is 0. The van der Waals surface area contributed by atoms with Crippen molar-refractivity contribution in [3.8, 4) is 0 Å². The Labute approximate surface area is 65.6 Å². The minimum atomic E-state index is 0.683. The molecule has 1 unspecified atom stereocenters. The van der Waals surface area contributed by atoms with Gasteiger partial charge in [-0.3, -0.25) is 4.99 Å². The first-order valence-electron chi connectivity index (χ1n) is 3.70. The fourth-order valence-electron chi connectivity index (χ4n) is 1.27. The molecule has 0 aromatic carbocycles. The van der Waals surface area contributed by atoms with E-state index in [2.05, 4.69) is 23.5 Å². The van der Waals surface area contributed by atoms with Crippen molar-refractivity contribution >= 4 is 18.0 Å². The third-order valence-corrected chi connectivity index (χ3v) is 2.74. The molecule has 0 spiro atoms. The van der Waals surface area contributed by atoms with Crippen LogP contribution in [0, 0.1) is 11.8 Å². The summed E-state index contributed by atoms with van der Waals surface area (Å²) >= 11 is 1.74. The summed E-state index contributed by atoms with van der Waals surface area (Å²) < 4.78 is 0. The van der Waals surface area contributed by atoms with E-state index < -0.39 is 0 Å². The normalized spacial score (nSPS) is 30.9. The van der Waals surface area contributed by atoms with E-state index >= 15 is 0 Å². The van der Waals surface area contributed by atoms with Crippen LogP contribution in [0.1, 0.15) is 12.8 Å². The van der Waals surface area contributed by atoms with E-state index in [9.17, 15) is 0 Å². The molecular weight excluding hydrogens is 142 g/mol. The highest BCUT2D eigenvalue weighted by molar-refractivity contribution is 8.02. The van der Waals surface area contributed by atoms with Gasteiger partial charge in [0.25, 0.3) is 0 Å². The van der Waals surface area contributed by atoms with Crippen molar-refractivity contribution in [2.45, 2.75) is 12.8 Å². The monoisotopic (exact) mass is 153 g/mol. The summed E-state index contributed by atoms with van der Waals surface area (Å²) in [5.74, 6) is 1.62. The van der Waals surface area contributed by atoms with Gasteiger partial charge in [-0.05, 0) is 31.1 Å². The Morgan fingerprint density at radius 3 is 2.90 bits per heavy atom. The molecule has 2 aliphatic rings. The molecule has 2 heteroatoms. The minimum Gasteiger partial charge on any atom is -0.254 e. The fourth-order valence-corrected chi connectivity index (χ4v) is 1.73. The maximum Gasteiger partial charge on any atom is 0.0920 e. The molecule has 0 aromatic heterocycles. The molecule has 1 nitrogen and oxygen atoms in total. The van der Waals surface area contributed by atoms with Gasteiger partial charge < -0.3 is 0 Å². The number of allylic oxidation sites excluding steroid dienone is 1. The molecule has 54 valence electrons. The molecule has 1 aliphatic heterocycles. The van der Waals surface area contributed by atoms with Crippen LogP contribution >= 0.6 is 11.8 Å². The van der Waals surface area contributed by atoms with E-state index in [-0.39, 0.29) is 0 Å². The highest BCUT2D eigenvalue weighted by atomic mass is 32.2. The lowest BCUT2D eigenvalue weighted by Crippen LogP contribution is -1.95. The van der Waals surface area contributed by atoms with Gasteiger partial charge in [-0.25, -0.2) is 0 Å². The Hall–Kier alpha value is -0.240. The number of hydrogen-bond acceptors (Lipinski definition) is 2. The lowest BCUT2D eigenvalue weighted by atomic mass is 10.1. The van der Waals surface area contributed by atoms with Crippen LogP contribution in [0.3, 0.4) is 0 Å². The summed E-state index contributed by atoms with van der Waals surface area (Å²) in [6, 6.07) is 0. The predicted molar refractivity (Wildman–Crippen MR) is 46.3 cm³/mol. The predicted octanol–water partition coefficient (Wildman–Crippen LogP) is 2.30. The smallest absolute Gasteiger partial charge is 0.0920 e. The van der Waals surface area contributed by atoms with Gasteiger partial charge in [0, 0.05) is 12.1 Å². The van der Waals surface area contributed by atoms with Crippen LogP contribution in [-0.4, -0.2) is 12.5 Å². The molecule has 0 N–H and O–H groups in total. The molecule has 1 saturated carbocycles. The number of nitrogens with zero attached hydrogens (tertiary/aromatic N) is 1. The van der Waals surface area contributed by atoms with Crippen LogP contribution in [0.5, 0.6) is 0 Å². The maximum absolute atomic E-state index is 4.30. The average Bonchev–Trinajstić information content (AvgIpc) is 2.70. The number of hydrogen-bond donors (Lipinski definition) is 0. The van der Waals surface area contributed by atoms with Crippen LogP contribution in [0.15, 0.2) is 16.1 Å². The van der Waals surface area contributed by atoms with Crippen molar-refractivity contribution < 1.29 is 0 Å². The fraction of sp³-hybridized carbons (Fsp3) is 0.625. The summed E-state index contributed by atoms with van der Waals surface area (Å²) in [5.41, 5.74) is 0. The summed E-state index contributed by atoms with van der Waals surface area (Å²) in [5, 5.41) is 1.21. The first kappa shape index (κ1) is 6.47. The van der Waals surface area contributed by atoms with Crippen molar-refractivity contribution in [2.75, 3.05) is 6.26 Å². The van der Waals surface area contributed by atoms with Gasteiger partial charge in [-0.15, -0.1) is 11.8 Å². The topological polar surface area (TPSA) is 12.4 Å². The number of aliphatic imine (C=N–C) groups is 1. The first-order chi connectivity index (χ1) is 4.90. The van der Waals surface area contributed by atoms with Crippen molar-refractivity contribution in [3.05, 3.63) is 11.1 Å². The Bertz CT molecular complexity index is 191. The third kappa shape index (κ3) is 1.12. The Kier molecular flexibility index (Phi) is 1.57. The molecule has 1 aliphatic carbocycles. The van der Waals surface area contributed by atoms with Crippen molar-refractivity contribution in [3.63, 3.8) is 0 Å². The Balaban J connectivity index is 2.02. The van der Waals surface area contributed by atoms with Crippen molar-refractivity contribution in [1.29, 1.82) is 0 Å². The zero-order valence-electron chi connectivity index (χ0n) is 6.08. The Morgan fingerprint density at radius 2 is 2.40 bits per heavy atom. The molecule has 0 radical (unpaired) electrons. The first-order valence-corrected chi connectivity index (χ1v) is 4.92. The van der Waals surface area contributed by atoms with Gasteiger partial charge >= 0.3 is 0 Å². The second-order valence-corrected chi connectivity index (χ2v) is 3.73. The second-order valence-electron chi connectivity index (χ2n) is 2.90. The van der Waals surface area contributed by atoms with E-state index in [1.165, 1.54) is 17.9 Å². The number of thioether (sulfide) groups is 1. The van der Waals surface area contributed by atoms with E-state index in [4.69, 9.17) is 0 Å². The van der Waals surface area contributed by atoms with E-state index in [1.807, 2.05) is 0 Å². The van der Waals surface area contributed by atoms with Gasteiger partial charge in [0.15, 0.2) is 0 Å². The molecule has 0 aromatic rings. The SMILES string of the molecule is CSC1=CC(C2CC2)C=N1. The van der Waals surface area contributed by atoms with Crippen LogP contribution < -0.4 is 0 Å². The van der Waals surface area contributed by atoms with Crippen LogP contribution in [0.4, 0.5) is 0 Å². The number of rotatable bonds is 2. The highest BCUT2D eigenvalue weighted by Crippen LogP contribution is 2.39. The lowest BCUT2D eigenvalue weighted by Gasteiger charge is -1.95. The Morgan fingerprint density at radius 1 is 1.60 bits per heavy atom. The molecule has 0 saturated heterocycles. The summed E-state index contributed by atoms with van der Waals surface area (Å²) in [6.45, 7) is 0. The van der Waals surface area contributed by atoms with Crippen LogP contribution in [-0.2, 0) is 0 Å². The van der Waals surface area contributed by atoms with Gasteiger partial charge in [-0.1, -0.05) is 0 Å².